The van der Waals surface area contributed by atoms with Gasteiger partial charge in [-0.1, -0.05) is 50.8 Å². The van der Waals surface area contributed by atoms with Gasteiger partial charge in [-0.2, -0.15) is 0 Å². The summed E-state index contributed by atoms with van der Waals surface area (Å²) in [5, 5.41) is 19.9. The average molecular weight is 523 g/mol. The molecule has 1 aliphatic carbocycles. The number of carbonyl (C=O) groups is 1. The molecule has 0 aromatic rings. The Hall–Kier alpha value is -1.25. The van der Waals surface area contributed by atoms with Crippen molar-refractivity contribution in [1.82, 2.24) is 0 Å². The Morgan fingerprint density at radius 2 is 1.78 bits per heavy atom. The summed E-state index contributed by atoms with van der Waals surface area (Å²) in [5.74, 6) is -0.699. The maximum atomic E-state index is 11.1. The van der Waals surface area contributed by atoms with Crippen LogP contribution < -0.4 is 0 Å². The fourth-order valence-corrected chi connectivity index (χ4v) is 5.82. The lowest BCUT2D eigenvalue weighted by molar-refractivity contribution is -0.196. The van der Waals surface area contributed by atoms with Gasteiger partial charge in [-0.15, -0.1) is 0 Å². The first-order valence-corrected chi connectivity index (χ1v) is 14.9. The maximum Gasteiger partial charge on any atom is 0.327 e. The molecule has 2 unspecified atom stereocenters. The Kier molecular flexibility index (Phi) is 14.2. The number of hydrogen-bond acceptors (Lipinski definition) is 6. The molecular formula is C30H50O7. The minimum Gasteiger partial charge on any atom is -0.478 e. The molecule has 7 atom stereocenters. The molecule has 0 aromatic carbocycles. The predicted molar refractivity (Wildman–Crippen MR) is 143 cm³/mol. The number of rotatable bonds is 16. The van der Waals surface area contributed by atoms with E-state index in [0.29, 0.717) is 6.42 Å². The predicted octanol–water partition coefficient (Wildman–Crippen LogP) is 6.14. The highest BCUT2D eigenvalue weighted by molar-refractivity contribution is 5.79. The lowest BCUT2D eigenvalue weighted by atomic mass is 9.87. The fraction of sp³-hybridized carbons (Fsp3) is 0.833. The van der Waals surface area contributed by atoms with Crippen molar-refractivity contribution in [2.45, 2.75) is 134 Å². The van der Waals surface area contributed by atoms with Crippen molar-refractivity contribution >= 4 is 5.97 Å². The largest absolute Gasteiger partial charge is 0.478 e. The third-order valence-electron chi connectivity index (χ3n) is 7.88. The quantitative estimate of drug-likeness (QED) is 0.143. The summed E-state index contributed by atoms with van der Waals surface area (Å²) in [4.78, 5) is 10.7. The van der Waals surface area contributed by atoms with Crippen LogP contribution in [-0.2, 0) is 23.7 Å². The molecule has 37 heavy (non-hydrogen) atoms. The normalized spacial score (nSPS) is 31.8. The van der Waals surface area contributed by atoms with E-state index in [1.165, 1.54) is 18.9 Å². The molecule has 212 valence electrons. The minimum atomic E-state index is -0.903. The van der Waals surface area contributed by atoms with Gasteiger partial charge in [0.25, 0.3) is 0 Å². The first kappa shape index (κ1) is 30.3. The number of aliphatic hydroxyl groups is 1. The van der Waals surface area contributed by atoms with Crippen LogP contribution in [0.15, 0.2) is 24.3 Å². The molecule has 2 N–H and O–H groups in total. The number of aliphatic hydroxyl groups excluding tert-OH is 1. The molecule has 2 heterocycles. The summed E-state index contributed by atoms with van der Waals surface area (Å²) in [6, 6.07) is 0. The van der Waals surface area contributed by atoms with E-state index >= 15 is 0 Å². The smallest absolute Gasteiger partial charge is 0.327 e. The van der Waals surface area contributed by atoms with Gasteiger partial charge >= 0.3 is 5.97 Å². The van der Waals surface area contributed by atoms with E-state index in [-0.39, 0.29) is 36.6 Å². The molecule has 0 spiro atoms. The maximum absolute atomic E-state index is 11.1. The van der Waals surface area contributed by atoms with Gasteiger partial charge in [-0.3, -0.25) is 0 Å². The van der Waals surface area contributed by atoms with Crippen LogP contribution in [0.1, 0.15) is 103 Å². The Bertz CT molecular complexity index is 681. The molecule has 2 saturated heterocycles. The number of ether oxygens (including phenoxy) is 4. The number of unbranched alkanes of at least 4 members (excludes halogenated alkanes) is 4. The highest BCUT2D eigenvalue weighted by Gasteiger charge is 2.42. The van der Waals surface area contributed by atoms with Crippen LogP contribution in [0.2, 0.25) is 0 Å². The zero-order chi connectivity index (χ0) is 26.3. The Morgan fingerprint density at radius 1 is 1.03 bits per heavy atom. The van der Waals surface area contributed by atoms with Crippen LogP contribution in [0, 0.1) is 11.8 Å². The molecule has 0 aromatic heterocycles. The van der Waals surface area contributed by atoms with E-state index in [1.807, 2.05) is 0 Å². The lowest BCUT2D eigenvalue weighted by Crippen LogP contribution is -2.31. The van der Waals surface area contributed by atoms with Crippen LogP contribution in [-0.4, -0.2) is 60.3 Å². The third kappa shape index (κ3) is 11.2. The third-order valence-corrected chi connectivity index (χ3v) is 7.88. The lowest BCUT2D eigenvalue weighted by Gasteiger charge is -2.30. The SMILES string of the molecule is CCCCC[C@@H](/C=C/[C@@H]1[C@@H](CCCC/C=C/C(=O)O)[C@@H](OC2CCCCO2)C[C@H]1O)OC1CCCCO1. The molecule has 7 nitrogen and oxygen atoms in total. The van der Waals surface area contributed by atoms with Gasteiger partial charge in [0.15, 0.2) is 12.6 Å². The molecule has 0 amide bonds. The Balaban J connectivity index is 1.63. The first-order chi connectivity index (χ1) is 18.1. The molecule has 3 rings (SSSR count). The number of aliphatic carboxylic acids is 1. The monoisotopic (exact) mass is 522 g/mol. The molecule has 2 aliphatic heterocycles. The average Bonchev–Trinajstić information content (AvgIpc) is 3.19. The summed E-state index contributed by atoms with van der Waals surface area (Å²) in [7, 11) is 0. The van der Waals surface area contributed by atoms with E-state index in [4.69, 9.17) is 24.1 Å². The van der Waals surface area contributed by atoms with Gasteiger partial charge in [0, 0.05) is 31.6 Å². The van der Waals surface area contributed by atoms with Gasteiger partial charge in [-0.25, -0.2) is 4.79 Å². The van der Waals surface area contributed by atoms with Crippen LogP contribution >= 0.6 is 0 Å². The molecule has 0 radical (unpaired) electrons. The van der Waals surface area contributed by atoms with E-state index in [0.717, 1.165) is 90.3 Å². The van der Waals surface area contributed by atoms with Gasteiger partial charge in [0.2, 0.25) is 0 Å². The summed E-state index contributed by atoms with van der Waals surface area (Å²) in [6.07, 6.45) is 21.4. The van der Waals surface area contributed by atoms with Crippen molar-refractivity contribution in [1.29, 1.82) is 0 Å². The summed E-state index contributed by atoms with van der Waals surface area (Å²) >= 11 is 0. The van der Waals surface area contributed by atoms with E-state index < -0.39 is 12.1 Å². The second kappa shape index (κ2) is 17.4. The Morgan fingerprint density at radius 3 is 2.46 bits per heavy atom. The standard InChI is InChI=1S/C30H50O7/c1-2-3-6-13-23(36-29-16-9-11-20-34-29)18-19-24-25(14-7-4-5-8-15-28(32)33)27(22-26(24)31)37-30-17-10-12-21-35-30/h8,15,18-19,23-27,29-31H,2-7,9-14,16-17,20-22H2,1H3,(H,32,33)/b15-8+,19-18+/t23-,24+,25+,26+,27-,29?,30?/m0/s1. The van der Waals surface area contributed by atoms with Crippen molar-refractivity contribution in [3.8, 4) is 0 Å². The first-order valence-electron chi connectivity index (χ1n) is 14.9. The highest BCUT2D eigenvalue weighted by Crippen LogP contribution is 2.40. The zero-order valence-corrected chi connectivity index (χ0v) is 22.8. The minimum absolute atomic E-state index is 0.00713. The molecule has 3 fully saturated rings. The second-order valence-corrected chi connectivity index (χ2v) is 10.9. The molecule has 7 heteroatoms. The van der Waals surface area contributed by atoms with Crippen molar-refractivity contribution in [2.75, 3.05) is 13.2 Å². The molecule has 1 saturated carbocycles. The van der Waals surface area contributed by atoms with E-state index in [9.17, 15) is 9.90 Å². The van der Waals surface area contributed by atoms with Crippen molar-refractivity contribution in [3.63, 3.8) is 0 Å². The van der Waals surface area contributed by atoms with Gasteiger partial charge in [0.05, 0.1) is 18.3 Å². The van der Waals surface area contributed by atoms with Crippen molar-refractivity contribution in [3.05, 3.63) is 24.3 Å². The van der Waals surface area contributed by atoms with Crippen molar-refractivity contribution in [2.24, 2.45) is 11.8 Å². The number of carboxylic acids is 1. The molecular weight excluding hydrogens is 472 g/mol. The highest BCUT2D eigenvalue weighted by atomic mass is 16.7. The van der Waals surface area contributed by atoms with Crippen LogP contribution in [0.3, 0.4) is 0 Å². The van der Waals surface area contributed by atoms with Gasteiger partial charge < -0.3 is 29.2 Å². The number of hydrogen-bond donors (Lipinski definition) is 2. The fourth-order valence-electron chi connectivity index (χ4n) is 5.82. The summed E-state index contributed by atoms with van der Waals surface area (Å²) in [6.45, 7) is 3.72. The number of carboxylic acid groups (broad SMARTS) is 1. The summed E-state index contributed by atoms with van der Waals surface area (Å²) < 4.78 is 24.5. The number of allylic oxidation sites excluding steroid dienone is 1. The molecule has 0 bridgehead atoms. The van der Waals surface area contributed by atoms with Crippen LogP contribution in [0.25, 0.3) is 0 Å². The van der Waals surface area contributed by atoms with E-state index in [2.05, 4.69) is 19.1 Å². The Labute approximate surface area is 223 Å². The van der Waals surface area contributed by atoms with Crippen molar-refractivity contribution < 1.29 is 34.0 Å². The second-order valence-electron chi connectivity index (χ2n) is 10.9. The molecule has 3 aliphatic rings. The van der Waals surface area contributed by atoms with Crippen LogP contribution in [0.5, 0.6) is 0 Å². The zero-order valence-electron chi connectivity index (χ0n) is 22.8. The summed E-state index contributed by atoms with van der Waals surface area (Å²) in [5.41, 5.74) is 0. The topological polar surface area (TPSA) is 94.5 Å². The van der Waals surface area contributed by atoms with Gasteiger partial charge in [-0.05, 0) is 70.1 Å². The van der Waals surface area contributed by atoms with Crippen LogP contribution in [0.4, 0.5) is 0 Å². The van der Waals surface area contributed by atoms with Gasteiger partial charge in [0.1, 0.15) is 0 Å². The van der Waals surface area contributed by atoms with E-state index in [1.54, 1.807) is 6.08 Å².